The molecule has 0 bridgehead atoms. The lowest BCUT2D eigenvalue weighted by Crippen LogP contribution is -2.12. The van der Waals surface area contributed by atoms with E-state index >= 15 is 0 Å². The van der Waals surface area contributed by atoms with Crippen LogP contribution in [0.15, 0.2) is 18.5 Å². The summed E-state index contributed by atoms with van der Waals surface area (Å²) >= 11 is 0. The number of aromatic nitrogens is 3. The number of hydrogen-bond donors (Lipinski definition) is 1. The minimum atomic E-state index is -1.55. The first-order valence-electron chi connectivity index (χ1n) is 6.11. The van der Waals surface area contributed by atoms with Gasteiger partial charge < -0.3 is 5.11 Å². The van der Waals surface area contributed by atoms with Gasteiger partial charge in [0.15, 0.2) is 17.5 Å². The van der Waals surface area contributed by atoms with Crippen LogP contribution in [0.25, 0.3) is 0 Å². The van der Waals surface area contributed by atoms with Crippen molar-refractivity contribution in [3.63, 3.8) is 0 Å². The Morgan fingerprint density at radius 2 is 1.80 bits per heavy atom. The molecule has 108 valence electrons. The van der Waals surface area contributed by atoms with Crippen LogP contribution in [0.3, 0.4) is 0 Å². The van der Waals surface area contributed by atoms with E-state index in [1.165, 1.54) is 6.33 Å². The van der Waals surface area contributed by atoms with Gasteiger partial charge in [-0.2, -0.15) is 5.10 Å². The Morgan fingerprint density at radius 3 is 2.35 bits per heavy atom. The molecule has 0 spiro atoms. The van der Waals surface area contributed by atoms with Crippen LogP contribution < -0.4 is 0 Å². The molecule has 20 heavy (non-hydrogen) atoms. The second-order valence-electron chi connectivity index (χ2n) is 4.73. The molecule has 0 saturated carbocycles. The van der Waals surface area contributed by atoms with Gasteiger partial charge in [0.25, 0.3) is 0 Å². The second-order valence-corrected chi connectivity index (χ2v) is 4.73. The maximum absolute atomic E-state index is 13.1. The average Bonchev–Trinajstić information content (AvgIpc) is 2.83. The van der Waals surface area contributed by atoms with E-state index in [9.17, 15) is 18.3 Å². The Kier molecular flexibility index (Phi) is 4.08. The highest BCUT2D eigenvalue weighted by Crippen LogP contribution is 2.22. The predicted octanol–water partition coefficient (Wildman–Crippen LogP) is 2.55. The van der Waals surface area contributed by atoms with Gasteiger partial charge in [0, 0.05) is 12.5 Å². The summed E-state index contributed by atoms with van der Waals surface area (Å²) in [6, 6.07) is 1.60. The van der Waals surface area contributed by atoms with E-state index in [0.717, 1.165) is 12.1 Å². The maximum atomic E-state index is 13.1. The fourth-order valence-corrected chi connectivity index (χ4v) is 1.91. The standard InChI is InChI=1S/C13H14F3N3O/c1-7(2)19-12(17-6-18-19)5-11(20)8-3-9(14)13(16)10(15)4-8/h3-4,6-7,11,20H,5H2,1-2H3. The van der Waals surface area contributed by atoms with Gasteiger partial charge in [0.2, 0.25) is 0 Å². The Bertz CT molecular complexity index is 590. The number of halogens is 3. The quantitative estimate of drug-likeness (QED) is 0.878. The summed E-state index contributed by atoms with van der Waals surface area (Å²) in [6.07, 6.45) is 0.178. The summed E-state index contributed by atoms with van der Waals surface area (Å²) in [7, 11) is 0. The van der Waals surface area contributed by atoms with E-state index in [4.69, 9.17) is 0 Å². The van der Waals surface area contributed by atoms with Crippen molar-refractivity contribution >= 4 is 0 Å². The fraction of sp³-hybridized carbons (Fsp3) is 0.385. The largest absolute Gasteiger partial charge is 0.388 e. The summed E-state index contributed by atoms with van der Waals surface area (Å²) in [5.41, 5.74) is -0.0419. The number of hydrogen-bond acceptors (Lipinski definition) is 3. The highest BCUT2D eigenvalue weighted by molar-refractivity contribution is 5.22. The third-order valence-corrected chi connectivity index (χ3v) is 2.90. The number of aliphatic hydroxyl groups is 1. The molecule has 1 unspecified atom stereocenters. The van der Waals surface area contributed by atoms with Crippen molar-refractivity contribution in [3.05, 3.63) is 47.3 Å². The Hall–Kier alpha value is -1.89. The molecule has 1 N–H and O–H groups in total. The number of benzene rings is 1. The van der Waals surface area contributed by atoms with Crippen LogP contribution in [0.4, 0.5) is 13.2 Å². The Labute approximate surface area is 113 Å². The summed E-state index contributed by atoms with van der Waals surface area (Å²) in [5, 5.41) is 14.0. The van der Waals surface area contributed by atoms with Crippen molar-refractivity contribution in [3.8, 4) is 0 Å². The topological polar surface area (TPSA) is 50.9 Å². The van der Waals surface area contributed by atoms with Gasteiger partial charge in [-0.1, -0.05) is 0 Å². The van der Waals surface area contributed by atoms with Gasteiger partial charge in [-0.3, -0.25) is 0 Å². The van der Waals surface area contributed by atoms with Crippen molar-refractivity contribution < 1.29 is 18.3 Å². The van der Waals surface area contributed by atoms with E-state index < -0.39 is 23.6 Å². The highest BCUT2D eigenvalue weighted by Gasteiger charge is 2.18. The Balaban J connectivity index is 2.24. The van der Waals surface area contributed by atoms with Gasteiger partial charge in [-0.25, -0.2) is 22.8 Å². The van der Waals surface area contributed by atoms with E-state index in [0.29, 0.717) is 5.82 Å². The summed E-state index contributed by atoms with van der Waals surface area (Å²) in [6.45, 7) is 3.78. The minimum absolute atomic E-state index is 0.0304. The zero-order chi connectivity index (χ0) is 14.9. The lowest BCUT2D eigenvalue weighted by Gasteiger charge is -2.14. The molecule has 2 rings (SSSR count). The molecule has 2 aromatic rings. The Morgan fingerprint density at radius 1 is 1.20 bits per heavy atom. The van der Waals surface area contributed by atoms with Crippen LogP contribution >= 0.6 is 0 Å². The minimum Gasteiger partial charge on any atom is -0.388 e. The summed E-state index contributed by atoms with van der Waals surface area (Å²) < 4.78 is 40.7. The van der Waals surface area contributed by atoms with Crippen LogP contribution in [0.5, 0.6) is 0 Å². The van der Waals surface area contributed by atoms with Gasteiger partial charge in [0.05, 0.1) is 6.10 Å². The van der Waals surface area contributed by atoms with Crippen LogP contribution in [0, 0.1) is 17.5 Å². The lowest BCUT2D eigenvalue weighted by atomic mass is 10.1. The average molecular weight is 285 g/mol. The smallest absolute Gasteiger partial charge is 0.194 e. The van der Waals surface area contributed by atoms with Crippen LogP contribution in [0.1, 0.15) is 37.4 Å². The molecule has 0 saturated heterocycles. The molecule has 7 heteroatoms. The molecular formula is C13H14F3N3O. The molecular weight excluding hydrogens is 271 g/mol. The van der Waals surface area contributed by atoms with E-state index in [-0.39, 0.29) is 18.0 Å². The number of nitrogens with zero attached hydrogens (tertiary/aromatic N) is 3. The molecule has 0 aliphatic carbocycles. The van der Waals surface area contributed by atoms with Crippen molar-refractivity contribution in [1.29, 1.82) is 0 Å². The van der Waals surface area contributed by atoms with Gasteiger partial charge in [-0.15, -0.1) is 0 Å². The SMILES string of the molecule is CC(C)n1ncnc1CC(O)c1cc(F)c(F)c(F)c1. The first kappa shape index (κ1) is 14.5. The zero-order valence-corrected chi connectivity index (χ0v) is 11.0. The van der Waals surface area contributed by atoms with Crippen molar-refractivity contribution in [2.24, 2.45) is 0 Å². The molecule has 1 aromatic carbocycles. The highest BCUT2D eigenvalue weighted by atomic mass is 19.2. The lowest BCUT2D eigenvalue weighted by molar-refractivity contribution is 0.172. The fourth-order valence-electron chi connectivity index (χ4n) is 1.91. The van der Waals surface area contributed by atoms with Gasteiger partial charge in [0.1, 0.15) is 12.2 Å². The molecule has 4 nitrogen and oxygen atoms in total. The molecule has 0 aliphatic rings. The van der Waals surface area contributed by atoms with Crippen molar-refractivity contribution in [1.82, 2.24) is 14.8 Å². The molecule has 1 heterocycles. The van der Waals surface area contributed by atoms with Crippen molar-refractivity contribution in [2.45, 2.75) is 32.4 Å². The number of rotatable bonds is 4. The van der Waals surface area contributed by atoms with E-state index in [1.807, 2.05) is 13.8 Å². The van der Waals surface area contributed by atoms with Crippen LogP contribution in [-0.4, -0.2) is 19.9 Å². The first-order valence-corrected chi connectivity index (χ1v) is 6.11. The zero-order valence-electron chi connectivity index (χ0n) is 11.0. The molecule has 0 fully saturated rings. The monoisotopic (exact) mass is 285 g/mol. The third-order valence-electron chi connectivity index (χ3n) is 2.90. The van der Waals surface area contributed by atoms with Crippen molar-refractivity contribution in [2.75, 3.05) is 0 Å². The van der Waals surface area contributed by atoms with E-state index in [2.05, 4.69) is 10.1 Å². The summed E-state index contributed by atoms with van der Waals surface area (Å²) in [4.78, 5) is 4.00. The van der Waals surface area contributed by atoms with Gasteiger partial charge in [-0.05, 0) is 31.5 Å². The predicted molar refractivity (Wildman–Crippen MR) is 65.4 cm³/mol. The molecule has 0 radical (unpaired) electrons. The molecule has 0 amide bonds. The van der Waals surface area contributed by atoms with Crippen LogP contribution in [0.2, 0.25) is 0 Å². The maximum Gasteiger partial charge on any atom is 0.194 e. The normalized spacial score (nSPS) is 12.9. The molecule has 0 aliphatic heterocycles. The van der Waals surface area contributed by atoms with Crippen LogP contribution in [-0.2, 0) is 6.42 Å². The summed E-state index contributed by atoms with van der Waals surface area (Å²) in [5.74, 6) is -3.72. The van der Waals surface area contributed by atoms with E-state index in [1.54, 1.807) is 4.68 Å². The molecule has 1 atom stereocenters. The first-order chi connectivity index (χ1) is 9.40. The second kappa shape index (κ2) is 5.62. The van der Waals surface area contributed by atoms with Gasteiger partial charge >= 0.3 is 0 Å². The third kappa shape index (κ3) is 2.82. The number of aliphatic hydroxyl groups excluding tert-OH is 1. The molecule has 1 aromatic heterocycles.